The predicted molar refractivity (Wildman–Crippen MR) is 75.8 cm³/mol. The molecule has 0 aromatic carbocycles. The molecular weight excluding hydrogens is 224 g/mol. The molecule has 0 saturated carbocycles. The van der Waals surface area contributed by atoms with E-state index in [-0.39, 0.29) is 0 Å². The van der Waals surface area contributed by atoms with Gasteiger partial charge in [-0.1, -0.05) is 20.8 Å². The number of likely N-dealkylation sites (tertiary alicyclic amines) is 1. The van der Waals surface area contributed by atoms with Crippen molar-refractivity contribution in [2.45, 2.75) is 46.1 Å². The summed E-state index contributed by atoms with van der Waals surface area (Å²) in [6, 6.07) is 0.572. The van der Waals surface area contributed by atoms with Crippen LogP contribution in [-0.2, 0) is 4.74 Å². The van der Waals surface area contributed by atoms with E-state index >= 15 is 0 Å². The molecule has 0 bridgehead atoms. The monoisotopic (exact) mass is 254 g/mol. The number of piperidine rings is 1. The average molecular weight is 254 g/mol. The lowest BCUT2D eigenvalue weighted by molar-refractivity contribution is 0.0842. The number of ether oxygens (including phenoxy) is 1. The summed E-state index contributed by atoms with van der Waals surface area (Å²) in [4.78, 5) is 2.67. The van der Waals surface area contributed by atoms with E-state index in [0.29, 0.717) is 11.5 Å². The molecular formula is C15H30N2O. The molecule has 2 saturated heterocycles. The quantitative estimate of drug-likeness (QED) is 0.813. The van der Waals surface area contributed by atoms with Crippen molar-refractivity contribution in [2.75, 3.05) is 39.4 Å². The summed E-state index contributed by atoms with van der Waals surface area (Å²) in [6.45, 7) is 13.6. The van der Waals surface area contributed by atoms with Crippen LogP contribution in [0.15, 0.2) is 0 Å². The Kier molecular flexibility index (Phi) is 5.05. The third-order valence-electron chi connectivity index (χ3n) is 4.37. The zero-order valence-corrected chi connectivity index (χ0v) is 12.4. The predicted octanol–water partition coefficient (Wildman–Crippen LogP) is 2.12. The molecule has 0 radical (unpaired) electrons. The van der Waals surface area contributed by atoms with Crippen LogP contribution in [0.5, 0.6) is 0 Å². The smallest absolute Gasteiger partial charge is 0.0547 e. The first-order valence-corrected chi connectivity index (χ1v) is 7.63. The van der Waals surface area contributed by atoms with Crippen LogP contribution in [0.1, 0.15) is 40.0 Å². The fourth-order valence-corrected chi connectivity index (χ4v) is 3.29. The van der Waals surface area contributed by atoms with Crippen molar-refractivity contribution in [3.8, 4) is 0 Å². The molecule has 2 fully saturated rings. The molecule has 2 atom stereocenters. The fourth-order valence-electron chi connectivity index (χ4n) is 3.29. The maximum absolute atomic E-state index is 5.69. The molecule has 2 aliphatic rings. The Morgan fingerprint density at radius 2 is 2.28 bits per heavy atom. The van der Waals surface area contributed by atoms with Gasteiger partial charge in [-0.05, 0) is 31.7 Å². The van der Waals surface area contributed by atoms with Gasteiger partial charge < -0.3 is 15.0 Å². The minimum absolute atomic E-state index is 0.362. The zero-order chi connectivity index (χ0) is 13.0. The number of hydrogen-bond donors (Lipinski definition) is 1. The van der Waals surface area contributed by atoms with Crippen LogP contribution >= 0.6 is 0 Å². The largest absolute Gasteiger partial charge is 0.381 e. The normalized spacial score (nSPS) is 34.3. The fraction of sp³-hybridized carbons (Fsp3) is 1.00. The standard InChI is InChI=1S/C15H30N2O/c1-13(2)16-10-15(6-8-18-12-15)11-17-7-4-5-14(3)9-17/h13-14,16H,4-12H2,1-3H3. The van der Waals surface area contributed by atoms with E-state index in [9.17, 15) is 0 Å². The summed E-state index contributed by atoms with van der Waals surface area (Å²) in [7, 11) is 0. The minimum Gasteiger partial charge on any atom is -0.381 e. The van der Waals surface area contributed by atoms with Crippen molar-refractivity contribution in [1.82, 2.24) is 10.2 Å². The van der Waals surface area contributed by atoms with Crippen molar-refractivity contribution in [3.63, 3.8) is 0 Å². The maximum Gasteiger partial charge on any atom is 0.0547 e. The first-order chi connectivity index (χ1) is 8.60. The molecule has 0 aromatic rings. The molecule has 3 heteroatoms. The van der Waals surface area contributed by atoms with Gasteiger partial charge in [-0.3, -0.25) is 0 Å². The Balaban J connectivity index is 1.88. The third kappa shape index (κ3) is 3.94. The molecule has 2 heterocycles. The van der Waals surface area contributed by atoms with Gasteiger partial charge in [0.15, 0.2) is 0 Å². The summed E-state index contributed by atoms with van der Waals surface area (Å²) in [5, 5.41) is 3.62. The van der Waals surface area contributed by atoms with Crippen LogP contribution in [0.25, 0.3) is 0 Å². The lowest BCUT2D eigenvalue weighted by Gasteiger charge is -2.38. The van der Waals surface area contributed by atoms with E-state index in [0.717, 1.165) is 25.7 Å². The number of rotatable bonds is 5. The zero-order valence-electron chi connectivity index (χ0n) is 12.4. The highest BCUT2D eigenvalue weighted by Crippen LogP contribution is 2.31. The number of nitrogens with one attached hydrogen (secondary N) is 1. The Morgan fingerprint density at radius 1 is 1.44 bits per heavy atom. The van der Waals surface area contributed by atoms with E-state index in [1.165, 1.54) is 38.9 Å². The van der Waals surface area contributed by atoms with Gasteiger partial charge in [-0.25, -0.2) is 0 Å². The SMILES string of the molecule is CC1CCCN(CC2(CNC(C)C)CCOC2)C1. The Hall–Kier alpha value is -0.120. The van der Waals surface area contributed by atoms with E-state index in [4.69, 9.17) is 4.74 Å². The molecule has 18 heavy (non-hydrogen) atoms. The first kappa shape index (κ1) is 14.3. The first-order valence-electron chi connectivity index (χ1n) is 7.63. The molecule has 106 valence electrons. The number of nitrogens with zero attached hydrogens (tertiary/aromatic N) is 1. The van der Waals surface area contributed by atoms with E-state index in [1.54, 1.807) is 0 Å². The van der Waals surface area contributed by atoms with Gasteiger partial charge in [0.05, 0.1) is 6.61 Å². The summed E-state index contributed by atoms with van der Waals surface area (Å²) in [6.07, 6.45) is 4.00. The Bertz CT molecular complexity index is 249. The molecule has 2 rings (SSSR count). The molecule has 0 spiro atoms. The van der Waals surface area contributed by atoms with Crippen molar-refractivity contribution in [2.24, 2.45) is 11.3 Å². The Morgan fingerprint density at radius 3 is 2.89 bits per heavy atom. The second kappa shape index (κ2) is 6.36. The second-order valence-electron chi connectivity index (χ2n) is 6.82. The van der Waals surface area contributed by atoms with E-state index in [1.807, 2.05) is 0 Å². The lowest BCUT2D eigenvalue weighted by Crippen LogP contribution is -2.48. The Labute approximate surface area is 112 Å². The highest BCUT2D eigenvalue weighted by molar-refractivity contribution is 4.90. The third-order valence-corrected chi connectivity index (χ3v) is 4.37. The van der Waals surface area contributed by atoms with Gasteiger partial charge in [0, 0.05) is 37.7 Å². The van der Waals surface area contributed by atoms with Gasteiger partial charge in [-0.2, -0.15) is 0 Å². The summed E-state index contributed by atoms with van der Waals surface area (Å²) in [5.41, 5.74) is 0.362. The van der Waals surface area contributed by atoms with Crippen molar-refractivity contribution < 1.29 is 4.74 Å². The van der Waals surface area contributed by atoms with Crippen LogP contribution in [0, 0.1) is 11.3 Å². The maximum atomic E-state index is 5.69. The van der Waals surface area contributed by atoms with Crippen LogP contribution in [-0.4, -0.2) is 50.3 Å². The van der Waals surface area contributed by atoms with Crippen LogP contribution in [0.3, 0.4) is 0 Å². The highest BCUT2D eigenvalue weighted by Gasteiger charge is 2.37. The second-order valence-corrected chi connectivity index (χ2v) is 6.82. The average Bonchev–Trinajstić information content (AvgIpc) is 2.76. The molecule has 0 amide bonds. The van der Waals surface area contributed by atoms with Crippen molar-refractivity contribution in [3.05, 3.63) is 0 Å². The molecule has 0 aromatic heterocycles. The minimum atomic E-state index is 0.362. The topological polar surface area (TPSA) is 24.5 Å². The summed E-state index contributed by atoms with van der Waals surface area (Å²) < 4.78 is 5.69. The van der Waals surface area contributed by atoms with Gasteiger partial charge in [-0.15, -0.1) is 0 Å². The molecule has 0 aliphatic carbocycles. The van der Waals surface area contributed by atoms with Gasteiger partial charge >= 0.3 is 0 Å². The van der Waals surface area contributed by atoms with E-state index in [2.05, 4.69) is 31.0 Å². The summed E-state index contributed by atoms with van der Waals surface area (Å²) in [5.74, 6) is 0.871. The van der Waals surface area contributed by atoms with Crippen LogP contribution in [0.2, 0.25) is 0 Å². The van der Waals surface area contributed by atoms with Gasteiger partial charge in [0.1, 0.15) is 0 Å². The molecule has 3 nitrogen and oxygen atoms in total. The number of hydrogen-bond acceptors (Lipinski definition) is 3. The molecule has 2 unspecified atom stereocenters. The van der Waals surface area contributed by atoms with Crippen LogP contribution in [0.4, 0.5) is 0 Å². The van der Waals surface area contributed by atoms with Crippen molar-refractivity contribution >= 4 is 0 Å². The van der Waals surface area contributed by atoms with Crippen molar-refractivity contribution in [1.29, 1.82) is 0 Å². The highest BCUT2D eigenvalue weighted by atomic mass is 16.5. The molecule has 2 aliphatic heterocycles. The van der Waals surface area contributed by atoms with Gasteiger partial charge in [0.2, 0.25) is 0 Å². The van der Waals surface area contributed by atoms with E-state index < -0.39 is 0 Å². The van der Waals surface area contributed by atoms with Crippen LogP contribution < -0.4 is 5.32 Å². The summed E-state index contributed by atoms with van der Waals surface area (Å²) >= 11 is 0. The van der Waals surface area contributed by atoms with Gasteiger partial charge in [0.25, 0.3) is 0 Å². The molecule has 1 N–H and O–H groups in total. The lowest BCUT2D eigenvalue weighted by atomic mass is 9.85.